The van der Waals surface area contributed by atoms with Crippen LogP contribution in [0.5, 0.6) is 0 Å². The van der Waals surface area contributed by atoms with Crippen LogP contribution < -0.4 is 0 Å². The summed E-state index contributed by atoms with van der Waals surface area (Å²) in [6.45, 7) is 17.9. The van der Waals surface area contributed by atoms with Gasteiger partial charge < -0.3 is 15.3 Å². The van der Waals surface area contributed by atoms with E-state index in [0.29, 0.717) is 18.3 Å². The second kappa shape index (κ2) is 7.10. The third-order valence-electron chi connectivity index (χ3n) is 14.0. The van der Waals surface area contributed by atoms with E-state index in [4.69, 9.17) is 0 Å². The molecule has 12 atom stereocenters. The molecule has 4 heteroatoms. The number of rotatable bonds is 1. The lowest BCUT2D eigenvalue weighted by Gasteiger charge is -2.74. The summed E-state index contributed by atoms with van der Waals surface area (Å²) in [7, 11) is 0. The third kappa shape index (κ3) is 2.69. The Kier molecular flexibility index (Phi) is 5.26. The predicted octanol–water partition coefficient (Wildman–Crippen LogP) is 5.37. The van der Waals surface area contributed by atoms with Crippen molar-refractivity contribution in [2.75, 3.05) is 0 Å². The van der Waals surface area contributed by atoms with Crippen LogP contribution in [0.2, 0.25) is 0 Å². The second-order valence-corrected chi connectivity index (χ2v) is 15.4. The molecular formula is C30H50O4. The van der Waals surface area contributed by atoms with Gasteiger partial charge in [0, 0.05) is 11.3 Å². The van der Waals surface area contributed by atoms with E-state index in [1.807, 2.05) is 0 Å². The molecule has 4 nitrogen and oxygen atoms in total. The minimum absolute atomic E-state index is 0.0185. The zero-order valence-corrected chi connectivity index (χ0v) is 22.9. The van der Waals surface area contributed by atoms with Crippen molar-refractivity contribution in [2.24, 2.45) is 56.2 Å². The summed E-state index contributed by atoms with van der Waals surface area (Å²) >= 11 is 0. The number of hydrogen-bond acceptors (Lipinski definition) is 4. The molecule has 3 N–H and O–H groups in total. The van der Waals surface area contributed by atoms with E-state index >= 15 is 0 Å². The Balaban J connectivity index is 1.61. The maximum absolute atomic E-state index is 12.8. The number of carbonyl (C=O) groups excluding carboxylic acids is 1. The fourth-order valence-electron chi connectivity index (χ4n) is 12.2. The lowest BCUT2D eigenvalue weighted by Crippen LogP contribution is -2.71. The van der Waals surface area contributed by atoms with Crippen LogP contribution in [-0.4, -0.2) is 39.4 Å². The van der Waals surface area contributed by atoms with E-state index in [2.05, 4.69) is 48.5 Å². The quantitative estimate of drug-likeness (QED) is 0.477. The number of aliphatic hydroxyl groups is 3. The third-order valence-corrected chi connectivity index (χ3v) is 14.0. The predicted molar refractivity (Wildman–Crippen MR) is 134 cm³/mol. The molecular weight excluding hydrogens is 424 g/mol. The fourth-order valence-corrected chi connectivity index (χ4v) is 12.2. The topological polar surface area (TPSA) is 77.8 Å². The summed E-state index contributed by atoms with van der Waals surface area (Å²) in [5, 5.41) is 34.7. The molecule has 0 amide bonds. The van der Waals surface area contributed by atoms with Crippen LogP contribution in [0, 0.1) is 56.2 Å². The highest BCUT2D eigenvalue weighted by atomic mass is 16.3. The average Bonchev–Trinajstić information content (AvgIpc) is 3.00. The van der Waals surface area contributed by atoms with Gasteiger partial charge in [0.05, 0.1) is 18.3 Å². The zero-order chi connectivity index (χ0) is 25.3. The molecule has 0 radical (unpaired) electrons. The van der Waals surface area contributed by atoms with Gasteiger partial charge in [-0.05, 0) is 103 Å². The minimum Gasteiger partial charge on any atom is -0.393 e. The zero-order valence-electron chi connectivity index (χ0n) is 22.9. The van der Waals surface area contributed by atoms with E-state index in [9.17, 15) is 20.1 Å². The van der Waals surface area contributed by atoms with E-state index in [0.717, 1.165) is 44.9 Å². The van der Waals surface area contributed by atoms with Crippen molar-refractivity contribution in [1.82, 2.24) is 0 Å². The Labute approximate surface area is 207 Å². The number of fused-ring (bicyclic) bond motifs is 7. The van der Waals surface area contributed by atoms with E-state index in [1.165, 1.54) is 0 Å². The monoisotopic (exact) mass is 474 g/mol. The summed E-state index contributed by atoms with van der Waals surface area (Å²) in [5.41, 5.74) is -0.938. The molecule has 5 aliphatic carbocycles. The largest absolute Gasteiger partial charge is 0.393 e. The number of carbonyl (C=O) groups is 1. The van der Waals surface area contributed by atoms with Gasteiger partial charge in [0.25, 0.3) is 0 Å². The van der Waals surface area contributed by atoms with Gasteiger partial charge in [-0.15, -0.1) is 0 Å². The molecule has 0 aromatic rings. The van der Waals surface area contributed by atoms with E-state index in [-0.39, 0.29) is 50.8 Å². The molecule has 0 bridgehead atoms. The van der Waals surface area contributed by atoms with Crippen LogP contribution in [0.4, 0.5) is 0 Å². The van der Waals surface area contributed by atoms with Crippen molar-refractivity contribution >= 4 is 5.78 Å². The van der Waals surface area contributed by atoms with E-state index < -0.39 is 17.6 Å². The number of aliphatic hydroxyl groups excluding tert-OH is 3. The smallest absolute Gasteiger partial charge is 0.136 e. The Morgan fingerprint density at radius 3 is 1.97 bits per heavy atom. The molecule has 0 spiro atoms. The lowest BCUT2D eigenvalue weighted by atomic mass is 9.31. The van der Waals surface area contributed by atoms with Gasteiger partial charge in [-0.1, -0.05) is 48.5 Å². The maximum Gasteiger partial charge on any atom is 0.136 e. The Morgan fingerprint density at radius 1 is 0.706 bits per heavy atom. The normalized spacial score (nSPS) is 60.5. The van der Waals surface area contributed by atoms with Crippen LogP contribution >= 0.6 is 0 Å². The summed E-state index contributed by atoms with van der Waals surface area (Å²) < 4.78 is 0. The van der Waals surface area contributed by atoms with Crippen LogP contribution in [0.3, 0.4) is 0 Å². The van der Waals surface area contributed by atoms with Crippen LogP contribution in [-0.2, 0) is 4.79 Å². The van der Waals surface area contributed by atoms with Gasteiger partial charge in [0.15, 0.2) is 0 Å². The Bertz CT molecular complexity index is 883. The molecule has 0 aliphatic heterocycles. The SMILES string of the molecule is CC(=O)C1(C)CCC2(C)C1C(O)CC1(C)C2C(O)CC2C3(C)CCC(O)C(C)(C)C3CCC21C. The van der Waals surface area contributed by atoms with Crippen LogP contribution in [0.1, 0.15) is 107 Å². The van der Waals surface area contributed by atoms with Crippen molar-refractivity contribution in [2.45, 2.75) is 125 Å². The Morgan fingerprint density at radius 2 is 1.35 bits per heavy atom. The lowest BCUT2D eigenvalue weighted by molar-refractivity contribution is -0.291. The summed E-state index contributed by atoms with van der Waals surface area (Å²) in [6.07, 6.45) is 6.06. The first-order valence-corrected chi connectivity index (χ1v) is 14.1. The molecule has 0 saturated heterocycles. The van der Waals surface area contributed by atoms with Crippen molar-refractivity contribution in [1.29, 1.82) is 0 Å². The minimum atomic E-state index is -0.513. The van der Waals surface area contributed by atoms with Gasteiger partial charge in [0.2, 0.25) is 0 Å². The van der Waals surface area contributed by atoms with Crippen molar-refractivity contribution in [3.63, 3.8) is 0 Å². The first-order valence-electron chi connectivity index (χ1n) is 14.1. The van der Waals surface area contributed by atoms with E-state index in [1.54, 1.807) is 6.92 Å². The van der Waals surface area contributed by atoms with Crippen molar-refractivity contribution < 1.29 is 20.1 Å². The highest BCUT2D eigenvalue weighted by Gasteiger charge is 2.75. The summed E-state index contributed by atoms with van der Waals surface area (Å²) in [5.74, 6) is 1.02. The standard InChI is InChI=1S/C30H50O4/c1-17(31)26(4)13-14-28(6)23(26)19(33)16-30(8)24(28)18(32)15-21-27(5)11-10-22(34)25(2,3)20(27)9-12-29(21,30)7/h18-24,32-34H,9-16H2,1-8H3. The van der Waals surface area contributed by atoms with Gasteiger partial charge >= 0.3 is 0 Å². The first kappa shape index (κ1) is 25.2. The molecule has 0 aromatic carbocycles. The van der Waals surface area contributed by atoms with Gasteiger partial charge in [-0.2, -0.15) is 0 Å². The van der Waals surface area contributed by atoms with Crippen LogP contribution in [0.25, 0.3) is 0 Å². The molecule has 5 rings (SSSR count). The molecule has 194 valence electrons. The average molecular weight is 475 g/mol. The Hall–Kier alpha value is -0.450. The highest BCUT2D eigenvalue weighted by molar-refractivity contribution is 5.83. The van der Waals surface area contributed by atoms with Crippen molar-refractivity contribution in [3.05, 3.63) is 0 Å². The molecule has 5 fully saturated rings. The molecule has 12 unspecified atom stereocenters. The molecule has 34 heavy (non-hydrogen) atoms. The number of Topliss-reactive ketones (excluding diaryl/α,β-unsaturated/α-hetero) is 1. The molecule has 0 aromatic heterocycles. The number of hydrogen-bond donors (Lipinski definition) is 3. The molecule has 5 saturated carbocycles. The molecule has 0 heterocycles. The first-order chi connectivity index (χ1) is 15.5. The second-order valence-electron chi connectivity index (χ2n) is 15.4. The van der Waals surface area contributed by atoms with Gasteiger partial charge in [-0.25, -0.2) is 0 Å². The fraction of sp³-hybridized carbons (Fsp3) is 0.967. The van der Waals surface area contributed by atoms with Crippen LogP contribution in [0.15, 0.2) is 0 Å². The highest BCUT2D eigenvalue weighted by Crippen LogP contribution is 2.78. The van der Waals surface area contributed by atoms with Crippen molar-refractivity contribution in [3.8, 4) is 0 Å². The molecule has 5 aliphatic rings. The maximum atomic E-state index is 12.8. The van der Waals surface area contributed by atoms with Gasteiger partial charge in [-0.3, -0.25) is 4.79 Å². The summed E-state index contributed by atoms with van der Waals surface area (Å²) in [6, 6.07) is 0. The summed E-state index contributed by atoms with van der Waals surface area (Å²) in [4.78, 5) is 12.8. The number of ketones is 1. The van der Waals surface area contributed by atoms with Gasteiger partial charge in [0.1, 0.15) is 5.78 Å².